The largest absolute Gasteiger partial charge is 0.375 e. The van der Waals surface area contributed by atoms with Crippen LogP contribution >= 0.6 is 0 Å². The lowest BCUT2D eigenvalue weighted by Crippen LogP contribution is -2.38. The van der Waals surface area contributed by atoms with Crippen molar-refractivity contribution in [3.05, 3.63) is 30.4 Å². The van der Waals surface area contributed by atoms with Crippen molar-refractivity contribution in [2.75, 3.05) is 27.3 Å². The molecule has 0 radical (unpaired) electrons. The number of rotatable bonds is 5. The third kappa shape index (κ3) is 3.54. The molecule has 1 saturated heterocycles. The second-order valence-corrected chi connectivity index (χ2v) is 5.58. The van der Waals surface area contributed by atoms with Crippen LogP contribution in [0.5, 0.6) is 0 Å². The molecule has 0 saturated carbocycles. The number of hydrogen-bond acceptors (Lipinski definition) is 7. The average molecular weight is 317 g/mol. The molecule has 8 nitrogen and oxygen atoms in total. The molecule has 0 spiro atoms. The molecule has 1 aliphatic heterocycles. The van der Waals surface area contributed by atoms with Gasteiger partial charge in [0.1, 0.15) is 6.61 Å². The van der Waals surface area contributed by atoms with Gasteiger partial charge < -0.3 is 14.6 Å². The molecule has 2 aromatic rings. The first-order chi connectivity index (χ1) is 11.2. The summed E-state index contributed by atoms with van der Waals surface area (Å²) in [4.78, 5) is 22.2. The maximum absolute atomic E-state index is 11.6. The third-order valence-corrected chi connectivity index (χ3v) is 3.85. The molecule has 0 aromatic carbocycles. The van der Waals surface area contributed by atoms with Crippen LogP contribution in [0.4, 0.5) is 0 Å². The highest BCUT2D eigenvalue weighted by Gasteiger charge is 2.35. The van der Waals surface area contributed by atoms with Crippen LogP contribution in [0.2, 0.25) is 0 Å². The number of aromatic nitrogens is 3. The molecule has 8 heteroatoms. The fourth-order valence-electron chi connectivity index (χ4n) is 2.78. The first-order valence-electron chi connectivity index (χ1n) is 7.40. The molecular weight excluding hydrogens is 298 g/mol. The zero-order valence-corrected chi connectivity index (χ0v) is 13.1. The smallest absolute Gasteiger partial charge is 0.246 e. The normalized spacial score (nSPS) is 21.5. The first-order valence-corrected chi connectivity index (χ1v) is 7.40. The van der Waals surface area contributed by atoms with E-state index < -0.39 is 0 Å². The summed E-state index contributed by atoms with van der Waals surface area (Å²) in [5.41, 5.74) is 0.862. The van der Waals surface area contributed by atoms with Crippen LogP contribution in [0.3, 0.4) is 0 Å². The Bertz CT molecular complexity index is 660. The number of hydrogen-bond donors (Lipinski definition) is 1. The summed E-state index contributed by atoms with van der Waals surface area (Å²) in [6.45, 7) is 0.796. The number of pyridine rings is 1. The van der Waals surface area contributed by atoms with Gasteiger partial charge in [-0.25, -0.2) is 0 Å². The van der Waals surface area contributed by atoms with E-state index in [9.17, 15) is 4.79 Å². The van der Waals surface area contributed by atoms with E-state index in [0.29, 0.717) is 11.7 Å². The molecule has 1 amide bonds. The second-order valence-electron chi connectivity index (χ2n) is 5.58. The third-order valence-electron chi connectivity index (χ3n) is 3.85. The van der Waals surface area contributed by atoms with Crippen molar-refractivity contribution in [3.63, 3.8) is 0 Å². The van der Waals surface area contributed by atoms with Crippen molar-refractivity contribution in [2.24, 2.45) is 0 Å². The summed E-state index contributed by atoms with van der Waals surface area (Å²) in [5, 5.41) is 6.98. The molecule has 23 heavy (non-hydrogen) atoms. The van der Waals surface area contributed by atoms with Gasteiger partial charge in [-0.1, -0.05) is 5.16 Å². The highest BCUT2D eigenvalue weighted by Crippen LogP contribution is 2.30. The molecule has 2 atom stereocenters. The van der Waals surface area contributed by atoms with Gasteiger partial charge in [-0.15, -0.1) is 0 Å². The number of ether oxygens (including phenoxy) is 1. The molecule has 1 aliphatic rings. The SMILES string of the molecule is COCC(=O)NC1CC(c2nc(-c3ccncc3)no2)N(C)C1. The van der Waals surface area contributed by atoms with Crippen molar-refractivity contribution in [3.8, 4) is 11.4 Å². The summed E-state index contributed by atoms with van der Waals surface area (Å²) in [5.74, 6) is 0.986. The van der Waals surface area contributed by atoms with Gasteiger partial charge in [-0.2, -0.15) is 4.98 Å². The molecule has 1 N–H and O–H groups in total. The van der Waals surface area contributed by atoms with Crippen molar-refractivity contribution < 1.29 is 14.1 Å². The summed E-state index contributed by atoms with van der Waals surface area (Å²) in [7, 11) is 3.48. The summed E-state index contributed by atoms with van der Waals surface area (Å²) in [6, 6.07) is 3.71. The van der Waals surface area contributed by atoms with Crippen LogP contribution in [0, 0.1) is 0 Å². The van der Waals surface area contributed by atoms with Gasteiger partial charge in [-0.3, -0.25) is 14.7 Å². The Balaban J connectivity index is 1.68. The van der Waals surface area contributed by atoms with E-state index >= 15 is 0 Å². The molecular formula is C15H19N5O3. The van der Waals surface area contributed by atoms with Gasteiger partial charge in [0.05, 0.1) is 6.04 Å². The van der Waals surface area contributed by atoms with E-state index in [1.807, 2.05) is 19.2 Å². The number of carbonyl (C=O) groups is 1. The molecule has 3 heterocycles. The van der Waals surface area contributed by atoms with Gasteiger partial charge in [0.15, 0.2) is 0 Å². The summed E-state index contributed by atoms with van der Waals surface area (Å²) in [6.07, 6.45) is 4.10. The van der Waals surface area contributed by atoms with E-state index in [0.717, 1.165) is 18.5 Å². The number of nitrogens with zero attached hydrogens (tertiary/aromatic N) is 4. The van der Waals surface area contributed by atoms with Crippen LogP contribution in [-0.4, -0.2) is 59.3 Å². The Hall–Kier alpha value is -2.32. The number of nitrogens with one attached hydrogen (secondary N) is 1. The molecule has 122 valence electrons. The van der Waals surface area contributed by atoms with E-state index in [1.54, 1.807) is 12.4 Å². The fraction of sp³-hybridized carbons (Fsp3) is 0.467. The van der Waals surface area contributed by atoms with Gasteiger partial charge >= 0.3 is 0 Å². The van der Waals surface area contributed by atoms with Gasteiger partial charge in [0.2, 0.25) is 17.6 Å². The van der Waals surface area contributed by atoms with Crippen LogP contribution in [0.15, 0.2) is 29.0 Å². The standard InChI is InChI=1S/C15H19N5O3/c1-20-8-11(17-13(21)9-22-2)7-12(20)15-18-14(19-23-15)10-3-5-16-6-4-10/h3-6,11-12H,7-9H2,1-2H3,(H,17,21). The van der Waals surface area contributed by atoms with Crippen LogP contribution in [-0.2, 0) is 9.53 Å². The topological polar surface area (TPSA) is 93.4 Å². The Labute approximate surface area is 133 Å². The lowest BCUT2D eigenvalue weighted by Gasteiger charge is -2.14. The molecule has 2 unspecified atom stereocenters. The van der Waals surface area contributed by atoms with Gasteiger partial charge in [0.25, 0.3) is 0 Å². The minimum atomic E-state index is -0.116. The number of carbonyl (C=O) groups excluding carboxylic acids is 1. The molecule has 2 aromatic heterocycles. The second kappa shape index (κ2) is 6.84. The van der Waals surface area contributed by atoms with Crippen molar-refractivity contribution in [2.45, 2.75) is 18.5 Å². The summed E-state index contributed by atoms with van der Waals surface area (Å²) >= 11 is 0. The lowest BCUT2D eigenvalue weighted by molar-refractivity contribution is -0.125. The predicted octanol–water partition coefficient (Wildman–Crippen LogP) is 0.639. The quantitative estimate of drug-likeness (QED) is 0.865. The highest BCUT2D eigenvalue weighted by atomic mass is 16.5. The maximum atomic E-state index is 11.6. The van der Waals surface area contributed by atoms with Crippen molar-refractivity contribution in [1.82, 2.24) is 25.3 Å². The number of methoxy groups -OCH3 is 1. The average Bonchev–Trinajstić information content (AvgIpc) is 3.15. The van der Waals surface area contributed by atoms with E-state index in [2.05, 4.69) is 25.3 Å². The van der Waals surface area contributed by atoms with Gasteiger partial charge in [0, 0.05) is 37.7 Å². The van der Waals surface area contributed by atoms with Gasteiger partial charge in [-0.05, 0) is 25.6 Å². The monoisotopic (exact) mass is 317 g/mol. The Morgan fingerprint density at radius 2 is 2.26 bits per heavy atom. The zero-order valence-electron chi connectivity index (χ0n) is 13.1. The van der Waals surface area contributed by atoms with E-state index in [-0.39, 0.29) is 24.6 Å². The Kier molecular flexibility index (Phi) is 4.63. The summed E-state index contributed by atoms with van der Waals surface area (Å²) < 4.78 is 10.2. The zero-order chi connectivity index (χ0) is 16.2. The van der Waals surface area contributed by atoms with Crippen LogP contribution < -0.4 is 5.32 Å². The Morgan fingerprint density at radius 1 is 1.48 bits per heavy atom. The van der Waals surface area contributed by atoms with Crippen molar-refractivity contribution >= 4 is 5.91 Å². The number of likely N-dealkylation sites (tertiary alicyclic amines) is 1. The minimum absolute atomic E-state index is 0.00840. The predicted molar refractivity (Wildman–Crippen MR) is 81.3 cm³/mol. The first kappa shape index (κ1) is 15.6. The minimum Gasteiger partial charge on any atom is -0.375 e. The van der Waals surface area contributed by atoms with Crippen molar-refractivity contribution in [1.29, 1.82) is 0 Å². The fourth-order valence-corrected chi connectivity index (χ4v) is 2.78. The van der Waals surface area contributed by atoms with E-state index in [1.165, 1.54) is 7.11 Å². The van der Waals surface area contributed by atoms with Crippen LogP contribution in [0.1, 0.15) is 18.4 Å². The van der Waals surface area contributed by atoms with Crippen LogP contribution in [0.25, 0.3) is 11.4 Å². The molecule has 1 fully saturated rings. The molecule has 0 aliphatic carbocycles. The molecule has 0 bridgehead atoms. The van der Waals surface area contributed by atoms with E-state index in [4.69, 9.17) is 9.26 Å². The number of likely N-dealkylation sites (N-methyl/N-ethyl adjacent to an activating group) is 1. The Morgan fingerprint density at radius 3 is 3.00 bits per heavy atom. The highest BCUT2D eigenvalue weighted by molar-refractivity contribution is 5.77. The number of amides is 1. The lowest BCUT2D eigenvalue weighted by atomic mass is 10.1. The molecule has 3 rings (SSSR count). The maximum Gasteiger partial charge on any atom is 0.246 e.